The van der Waals surface area contributed by atoms with E-state index in [1.807, 2.05) is 31.2 Å². The zero-order valence-corrected chi connectivity index (χ0v) is 22.5. The number of nitrogens with zero attached hydrogens (tertiary/aromatic N) is 1. The third-order valence-electron chi connectivity index (χ3n) is 9.74. The maximum Gasteiger partial charge on any atom is 0.307 e. The number of halogens is 1. The third-order valence-corrected chi connectivity index (χ3v) is 9.74. The van der Waals surface area contributed by atoms with Crippen LogP contribution in [-0.2, 0) is 23.2 Å². The minimum absolute atomic E-state index is 0.143. The van der Waals surface area contributed by atoms with Crippen LogP contribution in [-0.4, -0.2) is 16.1 Å². The lowest BCUT2D eigenvalue weighted by atomic mass is 9.57. The summed E-state index contributed by atoms with van der Waals surface area (Å²) in [4.78, 5) is 16.0. The van der Waals surface area contributed by atoms with Crippen molar-refractivity contribution in [2.75, 3.05) is 0 Å². The van der Waals surface area contributed by atoms with E-state index in [0.717, 1.165) is 61.1 Å². The topological polar surface area (TPSA) is 59.4 Å². The number of aromatic nitrogens is 1. The van der Waals surface area contributed by atoms with Gasteiger partial charge in [-0.05, 0) is 103 Å². The summed E-state index contributed by atoms with van der Waals surface area (Å²) in [6.45, 7) is 6.94. The number of rotatable bonds is 6. The first-order chi connectivity index (χ1) is 18.2. The van der Waals surface area contributed by atoms with Crippen molar-refractivity contribution >= 4 is 5.97 Å². The van der Waals surface area contributed by atoms with E-state index in [4.69, 9.17) is 4.74 Å². The van der Waals surface area contributed by atoms with Crippen molar-refractivity contribution in [1.82, 2.24) is 4.98 Å². The predicted octanol–water partition coefficient (Wildman–Crippen LogP) is 7.75. The standard InChI is InChI=1S/C33H36FNO3/c1-20-15-26(30(34)18-35-20)24-9-6-21(16-25(24)27-5-4-12-32(27,2)3)19-38-23-8-7-22-10-13-33(29(22)17-23)14-11-28(33)31(36)37/h6-9,15-18,27-28H,4-5,10-14,19H2,1-3H3,(H,36,37)/t27-,28-,33+/m0/s1. The van der Waals surface area contributed by atoms with Crippen LogP contribution in [0.2, 0.25) is 0 Å². The molecule has 0 saturated heterocycles. The van der Waals surface area contributed by atoms with Crippen LogP contribution in [0.4, 0.5) is 4.39 Å². The van der Waals surface area contributed by atoms with Gasteiger partial charge in [0.2, 0.25) is 0 Å². The van der Waals surface area contributed by atoms with Crippen LogP contribution in [0.5, 0.6) is 5.75 Å². The molecule has 198 valence electrons. The third kappa shape index (κ3) is 4.11. The molecular formula is C33H36FNO3. The van der Waals surface area contributed by atoms with Gasteiger partial charge in [0, 0.05) is 16.7 Å². The van der Waals surface area contributed by atoms with Gasteiger partial charge >= 0.3 is 5.97 Å². The summed E-state index contributed by atoms with van der Waals surface area (Å²) in [5.74, 6) is -0.139. The Bertz CT molecular complexity index is 1410. The lowest BCUT2D eigenvalue weighted by Crippen LogP contribution is -2.46. The van der Waals surface area contributed by atoms with Crippen molar-refractivity contribution in [3.8, 4) is 16.9 Å². The summed E-state index contributed by atoms with van der Waals surface area (Å²) in [6.07, 6.45) is 8.28. The highest BCUT2D eigenvalue weighted by Gasteiger charge is 2.54. The number of carboxylic acids is 1. The van der Waals surface area contributed by atoms with Crippen LogP contribution in [0.1, 0.15) is 86.2 Å². The highest BCUT2D eigenvalue weighted by molar-refractivity contribution is 5.75. The van der Waals surface area contributed by atoms with Crippen molar-refractivity contribution in [3.05, 3.63) is 82.4 Å². The van der Waals surface area contributed by atoms with Crippen molar-refractivity contribution in [2.24, 2.45) is 11.3 Å². The van der Waals surface area contributed by atoms with Gasteiger partial charge in [0.25, 0.3) is 0 Å². The molecule has 3 aliphatic carbocycles. The second-order valence-electron chi connectivity index (χ2n) is 12.4. The number of hydrogen-bond donors (Lipinski definition) is 1. The monoisotopic (exact) mass is 513 g/mol. The Morgan fingerprint density at radius 2 is 1.92 bits per heavy atom. The van der Waals surface area contributed by atoms with Crippen LogP contribution in [0.3, 0.4) is 0 Å². The van der Waals surface area contributed by atoms with E-state index < -0.39 is 5.97 Å². The molecular weight excluding hydrogens is 477 g/mol. The normalized spacial score (nSPS) is 25.3. The fraction of sp³-hybridized carbons (Fsp3) is 0.455. The minimum atomic E-state index is -0.682. The number of hydrogen-bond acceptors (Lipinski definition) is 3. The molecule has 4 nitrogen and oxygen atoms in total. The maximum atomic E-state index is 14.9. The first-order valence-corrected chi connectivity index (χ1v) is 13.9. The van der Waals surface area contributed by atoms with Gasteiger partial charge in [0.1, 0.15) is 18.2 Å². The number of aliphatic carboxylic acids is 1. The molecule has 0 amide bonds. The van der Waals surface area contributed by atoms with E-state index in [1.165, 1.54) is 29.3 Å². The lowest BCUT2D eigenvalue weighted by Gasteiger charge is -2.45. The average Bonchev–Trinajstić information content (AvgIpc) is 3.43. The van der Waals surface area contributed by atoms with Gasteiger partial charge in [-0.2, -0.15) is 0 Å². The summed E-state index contributed by atoms with van der Waals surface area (Å²) in [5, 5.41) is 9.74. The quantitative estimate of drug-likeness (QED) is 0.366. The van der Waals surface area contributed by atoms with E-state index in [0.29, 0.717) is 18.1 Å². The number of carbonyl (C=O) groups is 1. The highest BCUT2D eigenvalue weighted by atomic mass is 19.1. The Balaban J connectivity index is 1.30. The van der Waals surface area contributed by atoms with E-state index in [-0.39, 0.29) is 22.6 Å². The van der Waals surface area contributed by atoms with Gasteiger partial charge in [0.05, 0.1) is 12.1 Å². The van der Waals surface area contributed by atoms with E-state index in [1.54, 1.807) is 0 Å². The molecule has 0 unspecified atom stereocenters. The summed E-state index contributed by atoms with van der Waals surface area (Å²) in [6, 6.07) is 14.3. The van der Waals surface area contributed by atoms with Crippen LogP contribution >= 0.6 is 0 Å². The largest absolute Gasteiger partial charge is 0.489 e. The molecule has 1 heterocycles. The number of pyridine rings is 1. The first kappa shape index (κ1) is 25.1. The smallest absolute Gasteiger partial charge is 0.307 e. The molecule has 1 aromatic heterocycles. The molecule has 2 aromatic carbocycles. The predicted molar refractivity (Wildman–Crippen MR) is 146 cm³/mol. The molecule has 38 heavy (non-hydrogen) atoms. The average molecular weight is 514 g/mol. The fourth-order valence-electron chi connectivity index (χ4n) is 7.49. The summed E-state index contributed by atoms with van der Waals surface area (Å²) >= 11 is 0. The molecule has 3 atom stereocenters. The number of ether oxygens (including phenoxy) is 1. The lowest BCUT2D eigenvalue weighted by molar-refractivity contribution is -0.149. The molecule has 1 N–H and O–H groups in total. The maximum absolute atomic E-state index is 14.9. The van der Waals surface area contributed by atoms with Gasteiger partial charge < -0.3 is 9.84 Å². The Morgan fingerprint density at radius 1 is 1.08 bits per heavy atom. The van der Waals surface area contributed by atoms with Gasteiger partial charge in [-0.25, -0.2) is 4.39 Å². The fourth-order valence-corrected chi connectivity index (χ4v) is 7.49. The highest BCUT2D eigenvalue weighted by Crippen LogP contribution is 2.57. The molecule has 5 heteroatoms. The molecule has 2 fully saturated rings. The minimum Gasteiger partial charge on any atom is -0.489 e. The Kier molecular flexibility index (Phi) is 6.08. The Labute approximate surface area is 224 Å². The zero-order chi connectivity index (χ0) is 26.7. The van der Waals surface area contributed by atoms with Crippen molar-refractivity contribution < 1.29 is 19.0 Å². The van der Waals surface area contributed by atoms with E-state index >= 15 is 0 Å². The molecule has 3 aromatic rings. The molecule has 2 saturated carbocycles. The van der Waals surface area contributed by atoms with Crippen LogP contribution < -0.4 is 4.74 Å². The SMILES string of the molecule is Cc1cc(-c2ccc(COc3ccc4c(c3)[C@]3(CC4)CC[C@H]3C(=O)O)cc2[C@@H]2CCCC2(C)C)c(F)cn1. The second kappa shape index (κ2) is 9.21. The van der Waals surface area contributed by atoms with E-state index in [2.05, 4.69) is 37.0 Å². The molecule has 0 bridgehead atoms. The van der Waals surface area contributed by atoms with Gasteiger partial charge in [-0.3, -0.25) is 9.78 Å². The molecule has 0 radical (unpaired) electrons. The molecule has 6 rings (SSSR count). The second-order valence-corrected chi connectivity index (χ2v) is 12.4. The molecule has 3 aliphatic rings. The van der Waals surface area contributed by atoms with E-state index in [9.17, 15) is 14.3 Å². The van der Waals surface area contributed by atoms with Gasteiger partial charge in [-0.1, -0.05) is 44.5 Å². The van der Waals surface area contributed by atoms with Gasteiger partial charge in [-0.15, -0.1) is 0 Å². The Hall–Kier alpha value is -3.21. The Morgan fingerprint density at radius 3 is 2.63 bits per heavy atom. The first-order valence-electron chi connectivity index (χ1n) is 13.9. The van der Waals surface area contributed by atoms with Crippen molar-refractivity contribution in [2.45, 2.75) is 83.7 Å². The summed E-state index contributed by atoms with van der Waals surface area (Å²) in [5.41, 5.74) is 6.94. The number of aryl methyl sites for hydroxylation is 2. The number of carboxylic acid groups (broad SMARTS) is 1. The number of benzene rings is 2. The van der Waals surface area contributed by atoms with Crippen molar-refractivity contribution in [1.29, 1.82) is 0 Å². The van der Waals surface area contributed by atoms with Crippen molar-refractivity contribution in [3.63, 3.8) is 0 Å². The zero-order valence-electron chi connectivity index (χ0n) is 22.5. The number of fused-ring (bicyclic) bond motifs is 2. The summed E-state index contributed by atoms with van der Waals surface area (Å²) < 4.78 is 21.2. The van der Waals surface area contributed by atoms with Crippen LogP contribution in [0, 0.1) is 24.1 Å². The van der Waals surface area contributed by atoms with Crippen LogP contribution in [0.25, 0.3) is 11.1 Å². The molecule has 1 spiro atoms. The summed E-state index contributed by atoms with van der Waals surface area (Å²) in [7, 11) is 0. The van der Waals surface area contributed by atoms with Gasteiger partial charge in [0.15, 0.2) is 0 Å². The molecule has 0 aliphatic heterocycles. The van der Waals surface area contributed by atoms with Crippen LogP contribution in [0.15, 0.2) is 48.7 Å².